The van der Waals surface area contributed by atoms with Crippen molar-refractivity contribution in [1.29, 1.82) is 0 Å². The number of rotatable bonds is 72. The molecular weight excluding hydrogens is 1020 g/mol. The second-order valence-electron chi connectivity index (χ2n) is 26.3. The molecule has 0 aromatic rings. The van der Waals surface area contributed by atoms with Crippen molar-refractivity contribution in [1.82, 2.24) is 0 Å². The number of unbranched alkanes of at least 4 members (excludes halogenated alkanes) is 59. The topological polar surface area (TPSA) is 78.9 Å². The highest BCUT2D eigenvalue weighted by Crippen LogP contribution is 2.20. The molecule has 492 valence electrons. The van der Waals surface area contributed by atoms with Crippen molar-refractivity contribution < 1.29 is 28.6 Å². The number of esters is 3. The van der Waals surface area contributed by atoms with Crippen LogP contribution in [0.1, 0.15) is 445 Å². The lowest BCUT2D eigenvalue weighted by molar-refractivity contribution is -0.167. The molecule has 1 atom stereocenters. The minimum absolute atomic E-state index is 0.0623. The molecule has 83 heavy (non-hydrogen) atoms. The number of ether oxygens (including phenoxy) is 3. The summed E-state index contributed by atoms with van der Waals surface area (Å²) in [4.78, 5) is 38.6. The molecule has 0 aliphatic rings. The van der Waals surface area contributed by atoms with E-state index < -0.39 is 6.10 Å². The number of hydrogen-bond donors (Lipinski definition) is 0. The molecule has 0 fully saturated rings. The van der Waals surface area contributed by atoms with Crippen molar-refractivity contribution in [3.8, 4) is 0 Å². The summed E-state index contributed by atoms with van der Waals surface area (Å²) in [5.41, 5.74) is 0. The molecule has 0 rings (SSSR count). The highest BCUT2D eigenvalue weighted by atomic mass is 16.6. The maximum absolute atomic E-state index is 13.0. The Kier molecular flexibility index (Phi) is 71.0. The van der Waals surface area contributed by atoms with Crippen LogP contribution in [0.4, 0.5) is 0 Å². The van der Waals surface area contributed by atoms with Gasteiger partial charge in [-0.25, -0.2) is 0 Å². The van der Waals surface area contributed by atoms with E-state index in [9.17, 15) is 14.4 Å². The van der Waals surface area contributed by atoms with Crippen molar-refractivity contribution in [2.75, 3.05) is 13.2 Å². The molecule has 0 heterocycles. The van der Waals surface area contributed by atoms with Gasteiger partial charge >= 0.3 is 17.9 Å². The van der Waals surface area contributed by atoms with Gasteiger partial charge in [0.2, 0.25) is 0 Å². The summed E-state index contributed by atoms with van der Waals surface area (Å²) in [5.74, 6) is -0.821. The van der Waals surface area contributed by atoms with Gasteiger partial charge in [-0.1, -0.05) is 392 Å². The molecule has 1 unspecified atom stereocenters. The van der Waals surface area contributed by atoms with E-state index in [1.54, 1.807) is 0 Å². The monoisotopic (exact) mass is 1170 g/mol. The van der Waals surface area contributed by atoms with E-state index in [1.165, 1.54) is 347 Å². The van der Waals surface area contributed by atoms with Gasteiger partial charge in [0.25, 0.3) is 0 Å². The Morgan fingerprint density at radius 1 is 0.229 bits per heavy atom. The third-order valence-electron chi connectivity index (χ3n) is 17.8. The summed E-state index contributed by atoms with van der Waals surface area (Å²) in [7, 11) is 0. The summed E-state index contributed by atoms with van der Waals surface area (Å²) in [6.45, 7) is 6.75. The van der Waals surface area contributed by atoms with Crippen LogP contribution in [-0.4, -0.2) is 37.2 Å². The Bertz CT molecular complexity index is 1300. The SMILES string of the molecule is CCCCCCCCCC/C=C\CCCCCCCCCCCCCC(=O)OCC(COC(=O)CCCCCCCCCCCCCCCCCCCCC)OC(=O)CCCCCCCCCCCCCCCCCCCCCCCCC. The summed E-state index contributed by atoms with van der Waals surface area (Å²) >= 11 is 0. The van der Waals surface area contributed by atoms with Gasteiger partial charge in [-0.2, -0.15) is 0 Å². The van der Waals surface area contributed by atoms with E-state index >= 15 is 0 Å². The fraction of sp³-hybridized carbons (Fsp3) is 0.935. The van der Waals surface area contributed by atoms with Gasteiger partial charge in [0.1, 0.15) is 13.2 Å². The van der Waals surface area contributed by atoms with Crippen LogP contribution >= 0.6 is 0 Å². The fourth-order valence-electron chi connectivity index (χ4n) is 12.0. The lowest BCUT2D eigenvalue weighted by Crippen LogP contribution is -2.30. The molecule has 0 saturated carbocycles. The van der Waals surface area contributed by atoms with Crippen LogP contribution in [0.25, 0.3) is 0 Å². The van der Waals surface area contributed by atoms with Crippen molar-refractivity contribution in [3.63, 3.8) is 0 Å². The molecule has 0 aliphatic carbocycles. The van der Waals surface area contributed by atoms with Gasteiger partial charge < -0.3 is 14.2 Å². The molecule has 0 bridgehead atoms. The van der Waals surface area contributed by atoms with Gasteiger partial charge in [-0.15, -0.1) is 0 Å². The number of hydrogen-bond acceptors (Lipinski definition) is 6. The first-order chi connectivity index (χ1) is 41.0. The zero-order chi connectivity index (χ0) is 59.9. The molecule has 0 N–H and O–H groups in total. The summed E-state index contributed by atoms with van der Waals surface area (Å²) < 4.78 is 17.1. The van der Waals surface area contributed by atoms with Crippen LogP contribution in [0.2, 0.25) is 0 Å². The van der Waals surface area contributed by atoms with E-state index in [0.717, 1.165) is 57.8 Å². The van der Waals surface area contributed by atoms with Crippen molar-refractivity contribution >= 4 is 17.9 Å². The molecule has 6 heteroatoms. The van der Waals surface area contributed by atoms with Gasteiger partial charge in [0, 0.05) is 19.3 Å². The fourth-order valence-corrected chi connectivity index (χ4v) is 12.0. The second kappa shape index (κ2) is 72.6. The molecule has 0 saturated heterocycles. The quantitative estimate of drug-likeness (QED) is 0.0261. The third-order valence-corrected chi connectivity index (χ3v) is 17.8. The molecule has 6 nitrogen and oxygen atoms in total. The van der Waals surface area contributed by atoms with Crippen molar-refractivity contribution in [2.45, 2.75) is 451 Å². The lowest BCUT2D eigenvalue weighted by atomic mass is 10.0. The van der Waals surface area contributed by atoms with Crippen LogP contribution in [0.15, 0.2) is 12.2 Å². The normalized spacial score (nSPS) is 12.0. The second-order valence-corrected chi connectivity index (χ2v) is 26.3. The van der Waals surface area contributed by atoms with Crippen LogP contribution < -0.4 is 0 Å². The maximum Gasteiger partial charge on any atom is 0.306 e. The molecule has 0 amide bonds. The molecular formula is C77H148O6. The summed E-state index contributed by atoms with van der Waals surface area (Å²) in [6.07, 6.45) is 88.3. The maximum atomic E-state index is 13.0. The van der Waals surface area contributed by atoms with Gasteiger partial charge in [0.05, 0.1) is 0 Å². The van der Waals surface area contributed by atoms with E-state index in [1.807, 2.05) is 0 Å². The Morgan fingerprint density at radius 2 is 0.398 bits per heavy atom. The van der Waals surface area contributed by atoms with Crippen molar-refractivity contribution in [2.24, 2.45) is 0 Å². The molecule has 0 aromatic heterocycles. The molecule has 0 radical (unpaired) electrons. The first-order valence-corrected chi connectivity index (χ1v) is 38.2. The van der Waals surface area contributed by atoms with E-state index in [4.69, 9.17) is 14.2 Å². The lowest BCUT2D eigenvalue weighted by Gasteiger charge is -2.18. The summed E-state index contributed by atoms with van der Waals surface area (Å²) in [5, 5.41) is 0. The van der Waals surface area contributed by atoms with E-state index in [0.29, 0.717) is 19.3 Å². The molecule has 0 aromatic carbocycles. The minimum atomic E-state index is -0.767. The zero-order valence-electron chi connectivity index (χ0n) is 56.8. The smallest absolute Gasteiger partial charge is 0.306 e. The van der Waals surface area contributed by atoms with Crippen LogP contribution in [0.3, 0.4) is 0 Å². The number of carbonyl (C=O) groups excluding carboxylic acids is 3. The van der Waals surface area contributed by atoms with E-state index in [-0.39, 0.29) is 31.1 Å². The van der Waals surface area contributed by atoms with Gasteiger partial charge in [-0.05, 0) is 44.9 Å². The predicted octanol–water partition coefficient (Wildman–Crippen LogP) is 26.3. The van der Waals surface area contributed by atoms with Gasteiger partial charge in [-0.3, -0.25) is 14.4 Å². The molecule has 0 spiro atoms. The van der Waals surface area contributed by atoms with E-state index in [2.05, 4.69) is 32.9 Å². The first kappa shape index (κ1) is 81.2. The highest BCUT2D eigenvalue weighted by Gasteiger charge is 2.20. The zero-order valence-corrected chi connectivity index (χ0v) is 56.8. The Morgan fingerprint density at radius 3 is 0.602 bits per heavy atom. The van der Waals surface area contributed by atoms with Crippen LogP contribution in [0, 0.1) is 0 Å². The average molecular weight is 1170 g/mol. The summed E-state index contributed by atoms with van der Waals surface area (Å²) in [6, 6.07) is 0. The van der Waals surface area contributed by atoms with Crippen molar-refractivity contribution in [3.05, 3.63) is 12.2 Å². The predicted molar refractivity (Wildman–Crippen MR) is 363 cm³/mol. The average Bonchev–Trinajstić information content (AvgIpc) is 3.49. The highest BCUT2D eigenvalue weighted by molar-refractivity contribution is 5.71. The first-order valence-electron chi connectivity index (χ1n) is 38.2. The Hall–Kier alpha value is -1.85. The number of allylic oxidation sites excluding steroid dienone is 2. The minimum Gasteiger partial charge on any atom is -0.462 e. The Labute approximate surface area is 520 Å². The standard InChI is InChI=1S/C77H148O6/c1-4-7-10-13-16-19-22-25-28-31-34-36-38-40-43-46-49-52-55-58-61-64-67-70-76(79)82-73-74(72-81-75(78)69-66-63-60-57-54-51-48-45-42-33-30-27-24-21-18-15-12-9-6-3)83-77(80)71-68-65-62-59-56-53-50-47-44-41-39-37-35-32-29-26-23-20-17-14-11-8-5-2/h31,34,74H,4-30,32-33,35-73H2,1-3H3/b34-31-. The largest absolute Gasteiger partial charge is 0.462 e. The van der Waals surface area contributed by atoms with Crippen LogP contribution in [-0.2, 0) is 28.6 Å². The third kappa shape index (κ3) is 70.8. The Balaban J connectivity index is 4.27. The molecule has 0 aliphatic heterocycles. The number of carbonyl (C=O) groups is 3. The van der Waals surface area contributed by atoms with Crippen LogP contribution in [0.5, 0.6) is 0 Å². The van der Waals surface area contributed by atoms with Gasteiger partial charge in [0.15, 0.2) is 6.10 Å².